The van der Waals surface area contributed by atoms with Gasteiger partial charge in [0.1, 0.15) is 17.3 Å². The Hall–Kier alpha value is -1.94. The van der Waals surface area contributed by atoms with Crippen molar-refractivity contribution in [2.45, 2.75) is 23.3 Å². The molecule has 1 fully saturated rings. The van der Waals surface area contributed by atoms with Gasteiger partial charge in [-0.2, -0.15) is 0 Å². The number of carbonyl (C=O) groups is 1. The third kappa shape index (κ3) is 3.70. The van der Waals surface area contributed by atoms with E-state index in [2.05, 4.69) is 24.3 Å². The van der Waals surface area contributed by atoms with Crippen LogP contribution in [0.2, 0.25) is 0 Å². The molecule has 1 aliphatic rings. The van der Waals surface area contributed by atoms with Crippen LogP contribution in [0.15, 0.2) is 48.5 Å². The molecule has 1 saturated heterocycles. The molecule has 0 spiro atoms. The number of hydrogen-bond donors (Lipinski definition) is 0. The molecule has 23 heavy (non-hydrogen) atoms. The van der Waals surface area contributed by atoms with E-state index in [1.165, 1.54) is 11.1 Å². The Bertz CT molecular complexity index is 607. The molecule has 0 aromatic heterocycles. The Labute approximate surface area is 141 Å². The van der Waals surface area contributed by atoms with Crippen molar-refractivity contribution in [3.05, 3.63) is 59.7 Å². The topological polar surface area (TPSA) is 35.5 Å². The molecule has 1 aliphatic heterocycles. The zero-order valence-corrected chi connectivity index (χ0v) is 14.1. The maximum atomic E-state index is 12.2. The number of rotatable bonds is 4. The maximum absolute atomic E-state index is 12.2. The number of thioether (sulfide) groups is 1. The zero-order valence-electron chi connectivity index (χ0n) is 13.3. The van der Waals surface area contributed by atoms with E-state index < -0.39 is 0 Å². The molecule has 0 bridgehead atoms. The summed E-state index contributed by atoms with van der Waals surface area (Å²) in [5, 5.41) is 0.406. The van der Waals surface area contributed by atoms with Gasteiger partial charge in [0.05, 0.1) is 14.2 Å². The molecule has 2 aromatic rings. The van der Waals surface area contributed by atoms with Crippen LogP contribution < -0.4 is 9.47 Å². The van der Waals surface area contributed by atoms with E-state index in [1.807, 2.05) is 36.0 Å². The van der Waals surface area contributed by atoms with Crippen LogP contribution in [0, 0.1) is 0 Å². The van der Waals surface area contributed by atoms with Gasteiger partial charge in [0, 0.05) is 23.3 Å². The van der Waals surface area contributed by atoms with Crippen LogP contribution in [0.4, 0.5) is 0 Å². The van der Waals surface area contributed by atoms with E-state index in [-0.39, 0.29) is 10.5 Å². The summed E-state index contributed by atoms with van der Waals surface area (Å²) in [7, 11) is 3.32. The predicted octanol–water partition coefficient (Wildman–Crippen LogP) is 4.58. The second kappa shape index (κ2) is 7.09. The number of Topliss-reactive ketones (excluding diaryl/α,β-unsaturated/α-hetero) is 1. The largest absolute Gasteiger partial charge is 0.497 e. The van der Waals surface area contributed by atoms with Crippen LogP contribution in [-0.2, 0) is 4.79 Å². The molecular weight excluding hydrogens is 308 g/mol. The highest BCUT2D eigenvalue weighted by Gasteiger charge is 2.29. The van der Waals surface area contributed by atoms with Gasteiger partial charge in [-0.25, -0.2) is 0 Å². The normalized spacial score (nSPS) is 21.0. The molecule has 0 N–H and O–H groups in total. The quantitative estimate of drug-likeness (QED) is 0.823. The van der Waals surface area contributed by atoms with Gasteiger partial charge in [0.25, 0.3) is 0 Å². The molecule has 120 valence electrons. The van der Waals surface area contributed by atoms with Gasteiger partial charge >= 0.3 is 0 Å². The van der Waals surface area contributed by atoms with Crippen LogP contribution in [0.25, 0.3) is 0 Å². The highest BCUT2D eigenvalue weighted by Crippen LogP contribution is 2.49. The highest BCUT2D eigenvalue weighted by atomic mass is 32.2. The van der Waals surface area contributed by atoms with Crippen molar-refractivity contribution < 1.29 is 14.3 Å². The molecule has 2 aromatic carbocycles. The minimum atomic E-state index is 0.203. The third-order valence-electron chi connectivity index (χ3n) is 4.13. The number of methoxy groups -OCH3 is 2. The average molecular weight is 328 g/mol. The van der Waals surface area contributed by atoms with Crippen LogP contribution in [0.3, 0.4) is 0 Å². The van der Waals surface area contributed by atoms with Gasteiger partial charge < -0.3 is 9.47 Å². The van der Waals surface area contributed by atoms with Crippen molar-refractivity contribution in [2.75, 3.05) is 14.2 Å². The van der Waals surface area contributed by atoms with Crippen molar-refractivity contribution in [3.8, 4) is 11.5 Å². The summed E-state index contributed by atoms with van der Waals surface area (Å²) < 4.78 is 10.4. The number of hydrogen-bond acceptors (Lipinski definition) is 4. The van der Waals surface area contributed by atoms with Crippen molar-refractivity contribution in [1.82, 2.24) is 0 Å². The van der Waals surface area contributed by atoms with E-state index in [0.29, 0.717) is 18.6 Å². The Morgan fingerprint density at radius 2 is 1.17 bits per heavy atom. The summed E-state index contributed by atoms with van der Waals surface area (Å²) >= 11 is 1.87. The van der Waals surface area contributed by atoms with Crippen molar-refractivity contribution in [3.63, 3.8) is 0 Å². The minimum absolute atomic E-state index is 0.203. The second-order valence-corrected chi connectivity index (χ2v) is 7.02. The number of benzene rings is 2. The smallest absolute Gasteiger partial charge is 0.135 e. The summed E-state index contributed by atoms with van der Waals surface area (Å²) in [5.74, 6) is 2.01. The van der Waals surface area contributed by atoms with Crippen LogP contribution in [0.5, 0.6) is 11.5 Å². The van der Waals surface area contributed by atoms with Crippen LogP contribution in [0.1, 0.15) is 34.5 Å². The van der Waals surface area contributed by atoms with E-state index in [9.17, 15) is 4.79 Å². The summed E-state index contributed by atoms with van der Waals surface area (Å²) in [6.07, 6.45) is 1.20. The first-order valence-corrected chi connectivity index (χ1v) is 8.59. The average Bonchev–Trinajstić information content (AvgIpc) is 2.61. The van der Waals surface area contributed by atoms with E-state index >= 15 is 0 Å². The lowest BCUT2D eigenvalue weighted by Crippen LogP contribution is -2.15. The predicted molar refractivity (Wildman–Crippen MR) is 93.3 cm³/mol. The molecule has 2 atom stereocenters. The Kier molecular flexibility index (Phi) is 4.91. The zero-order chi connectivity index (χ0) is 16.2. The third-order valence-corrected chi connectivity index (χ3v) is 5.66. The fraction of sp³-hybridized carbons (Fsp3) is 0.316. The molecule has 0 aliphatic carbocycles. The Balaban J connectivity index is 1.78. The van der Waals surface area contributed by atoms with E-state index in [4.69, 9.17) is 9.47 Å². The van der Waals surface area contributed by atoms with Crippen LogP contribution >= 0.6 is 11.8 Å². The Morgan fingerprint density at radius 1 is 0.783 bits per heavy atom. The van der Waals surface area contributed by atoms with Gasteiger partial charge in [-0.05, 0) is 35.4 Å². The lowest BCUT2D eigenvalue weighted by molar-refractivity contribution is -0.119. The Morgan fingerprint density at radius 3 is 1.52 bits per heavy atom. The molecule has 3 rings (SSSR count). The molecule has 2 unspecified atom stereocenters. The second-order valence-electron chi connectivity index (χ2n) is 5.61. The molecular formula is C19H20O3S. The van der Waals surface area contributed by atoms with Gasteiger partial charge in [0.2, 0.25) is 0 Å². The van der Waals surface area contributed by atoms with Crippen molar-refractivity contribution in [1.29, 1.82) is 0 Å². The first-order chi connectivity index (χ1) is 11.2. The monoisotopic (exact) mass is 328 g/mol. The van der Waals surface area contributed by atoms with Crippen LogP contribution in [-0.4, -0.2) is 20.0 Å². The fourth-order valence-electron chi connectivity index (χ4n) is 2.82. The van der Waals surface area contributed by atoms with E-state index in [0.717, 1.165) is 11.5 Å². The number of ketones is 1. The van der Waals surface area contributed by atoms with E-state index in [1.54, 1.807) is 14.2 Å². The van der Waals surface area contributed by atoms with Gasteiger partial charge in [-0.3, -0.25) is 4.79 Å². The van der Waals surface area contributed by atoms with Gasteiger partial charge in [-0.15, -0.1) is 11.8 Å². The van der Waals surface area contributed by atoms with Gasteiger partial charge in [-0.1, -0.05) is 24.3 Å². The fourth-order valence-corrected chi connectivity index (χ4v) is 4.41. The summed E-state index contributed by atoms with van der Waals surface area (Å²) in [5.41, 5.74) is 2.37. The first-order valence-electron chi connectivity index (χ1n) is 7.64. The lowest BCUT2D eigenvalue weighted by atomic mass is 10.0. The molecule has 3 nitrogen and oxygen atoms in total. The SMILES string of the molecule is COc1ccc(C2CC(=O)CC(c3ccc(OC)cc3)S2)cc1. The van der Waals surface area contributed by atoms with Gasteiger partial charge in [0.15, 0.2) is 0 Å². The molecule has 4 heteroatoms. The standard InChI is InChI=1S/C19H20O3S/c1-21-16-7-3-13(4-8-16)18-11-15(20)12-19(23-18)14-5-9-17(22-2)10-6-14/h3-10,18-19H,11-12H2,1-2H3. The first kappa shape index (κ1) is 15.9. The van der Waals surface area contributed by atoms with Crippen molar-refractivity contribution in [2.24, 2.45) is 0 Å². The minimum Gasteiger partial charge on any atom is -0.497 e. The number of carbonyl (C=O) groups excluding carboxylic acids is 1. The summed E-state index contributed by atoms with van der Waals surface area (Å²) in [6.45, 7) is 0. The molecule has 1 heterocycles. The van der Waals surface area contributed by atoms with Crippen molar-refractivity contribution >= 4 is 17.5 Å². The summed E-state index contributed by atoms with van der Waals surface area (Å²) in [6, 6.07) is 16.0. The highest BCUT2D eigenvalue weighted by molar-refractivity contribution is 7.99. The molecule has 0 amide bonds. The number of ether oxygens (including phenoxy) is 2. The maximum Gasteiger partial charge on any atom is 0.135 e. The lowest BCUT2D eigenvalue weighted by Gasteiger charge is -2.28. The summed E-state index contributed by atoms with van der Waals surface area (Å²) in [4.78, 5) is 12.2. The molecule has 0 radical (unpaired) electrons. The molecule has 0 saturated carbocycles.